The quantitative estimate of drug-likeness (QED) is 0.701. The lowest BCUT2D eigenvalue weighted by molar-refractivity contribution is -0.283. The minimum Gasteiger partial charge on any atom is -0.461 e. The molecular weight excluding hydrogens is 394 g/mol. The second-order valence-corrected chi connectivity index (χ2v) is 8.03. The molecule has 1 saturated heterocycles. The second-order valence-electron chi connectivity index (χ2n) is 8.03. The van der Waals surface area contributed by atoms with Crippen LogP contribution >= 0.6 is 0 Å². The molecule has 0 saturated carbocycles. The van der Waals surface area contributed by atoms with Gasteiger partial charge in [0.25, 0.3) is 0 Å². The average molecular weight is 419 g/mol. The van der Waals surface area contributed by atoms with Crippen LogP contribution in [0.15, 0.2) is 33.5 Å². The Bertz CT molecular complexity index is 1030. The molecule has 162 valence electrons. The number of carbonyl (C=O) groups excluding carboxylic acids is 2. The van der Waals surface area contributed by atoms with Crippen LogP contribution in [0.3, 0.4) is 0 Å². The molecule has 4 atom stereocenters. The van der Waals surface area contributed by atoms with Crippen LogP contribution in [-0.2, 0) is 20.7 Å². The van der Waals surface area contributed by atoms with Crippen molar-refractivity contribution in [2.75, 3.05) is 0 Å². The Hall–Kier alpha value is -2.91. The SMILES string of the molecule is CC(=O)Cc1cc2ccc(OC3OC(C)(C)[C@H](C)[C@@H](O)[C@@H]3OC(N)=O)cc2oc1=O. The molecule has 1 aromatic heterocycles. The van der Waals surface area contributed by atoms with Crippen LogP contribution < -0.4 is 16.1 Å². The Balaban J connectivity index is 1.91. The van der Waals surface area contributed by atoms with Gasteiger partial charge in [0.05, 0.1) is 5.60 Å². The van der Waals surface area contributed by atoms with E-state index in [1.54, 1.807) is 39.0 Å². The zero-order chi connectivity index (χ0) is 22.2. The fourth-order valence-corrected chi connectivity index (χ4v) is 3.41. The number of hydrogen-bond donors (Lipinski definition) is 2. The number of amides is 1. The van der Waals surface area contributed by atoms with E-state index >= 15 is 0 Å². The lowest BCUT2D eigenvalue weighted by Crippen LogP contribution is -2.61. The fraction of sp³-hybridized carbons (Fsp3) is 0.476. The Kier molecular flexibility index (Phi) is 5.87. The number of ether oxygens (including phenoxy) is 3. The Morgan fingerprint density at radius 2 is 1.97 bits per heavy atom. The van der Waals surface area contributed by atoms with Crippen molar-refractivity contribution < 1.29 is 33.3 Å². The normalized spacial score (nSPS) is 25.6. The van der Waals surface area contributed by atoms with Gasteiger partial charge in [0.1, 0.15) is 23.2 Å². The van der Waals surface area contributed by atoms with Gasteiger partial charge in [-0.25, -0.2) is 9.59 Å². The maximum absolute atomic E-state index is 12.1. The topological polar surface area (TPSA) is 138 Å². The average Bonchev–Trinajstić information content (AvgIpc) is 2.63. The summed E-state index contributed by atoms with van der Waals surface area (Å²) >= 11 is 0. The minimum absolute atomic E-state index is 0.0102. The van der Waals surface area contributed by atoms with Crippen LogP contribution in [0.25, 0.3) is 11.0 Å². The zero-order valence-corrected chi connectivity index (χ0v) is 17.2. The number of nitrogens with two attached hydrogens (primary N) is 1. The smallest absolute Gasteiger partial charge is 0.405 e. The number of carbonyl (C=O) groups is 2. The number of hydrogen-bond acceptors (Lipinski definition) is 8. The van der Waals surface area contributed by atoms with E-state index in [0.717, 1.165) is 0 Å². The van der Waals surface area contributed by atoms with Crippen molar-refractivity contribution in [3.63, 3.8) is 0 Å². The Morgan fingerprint density at radius 3 is 2.60 bits per heavy atom. The van der Waals surface area contributed by atoms with Crippen molar-refractivity contribution in [3.05, 3.63) is 40.2 Å². The van der Waals surface area contributed by atoms with E-state index in [9.17, 15) is 19.5 Å². The molecule has 9 heteroatoms. The van der Waals surface area contributed by atoms with Gasteiger partial charge in [-0.1, -0.05) is 6.92 Å². The number of ketones is 1. The lowest BCUT2D eigenvalue weighted by atomic mass is 9.82. The second kappa shape index (κ2) is 8.08. The third kappa shape index (κ3) is 4.47. The van der Waals surface area contributed by atoms with Crippen LogP contribution in [0.1, 0.15) is 33.3 Å². The largest absolute Gasteiger partial charge is 0.461 e. The molecule has 2 aromatic rings. The molecule has 1 fully saturated rings. The first-order valence-corrected chi connectivity index (χ1v) is 9.53. The number of aliphatic hydroxyl groups excluding tert-OH is 1. The monoisotopic (exact) mass is 419 g/mol. The molecule has 1 aliphatic heterocycles. The number of primary amides is 1. The molecule has 9 nitrogen and oxygen atoms in total. The van der Waals surface area contributed by atoms with Crippen molar-refractivity contribution in [1.29, 1.82) is 0 Å². The summed E-state index contributed by atoms with van der Waals surface area (Å²) in [6.45, 7) is 6.73. The first kappa shape index (κ1) is 21.8. The van der Waals surface area contributed by atoms with E-state index in [0.29, 0.717) is 5.39 Å². The van der Waals surface area contributed by atoms with Gasteiger partial charge >= 0.3 is 11.7 Å². The summed E-state index contributed by atoms with van der Waals surface area (Å²) in [5, 5.41) is 11.2. The highest BCUT2D eigenvalue weighted by atomic mass is 16.7. The van der Waals surface area contributed by atoms with Crippen molar-refractivity contribution in [2.24, 2.45) is 11.7 Å². The maximum Gasteiger partial charge on any atom is 0.405 e. The van der Waals surface area contributed by atoms with Gasteiger partial charge in [-0.2, -0.15) is 0 Å². The molecule has 30 heavy (non-hydrogen) atoms. The van der Waals surface area contributed by atoms with E-state index in [2.05, 4.69) is 0 Å². The van der Waals surface area contributed by atoms with Crippen molar-refractivity contribution >= 4 is 22.8 Å². The van der Waals surface area contributed by atoms with E-state index in [1.807, 2.05) is 0 Å². The standard InChI is InChI=1S/C21H25NO8/c1-10(23)7-13-8-12-5-6-14(9-15(12)28-18(13)25)27-19-17(29-20(22)26)16(24)11(2)21(3,4)30-19/h5-6,8-9,11,16-17,19,24H,7H2,1-4H3,(H2,22,26)/t11-,16-,17+,19?/m1/s1. The number of benzene rings is 1. The van der Waals surface area contributed by atoms with Crippen molar-refractivity contribution in [2.45, 2.75) is 58.2 Å². The number of fused-ring (bicyclic) bond motifs is 1. The zero-order valence-electron chi connectivity index (χ0n) is 17.2. The molecule has 1 aromatic carbocycles. The minimum atomic E-state index is -1.15. The van der Waals surface area contributed by atoms with E-state index in [-0.39, 0.29) is 35.0 Å². The molecule has 0 aliphatic carbocycles. The van der Waals surface area contributed by atoms with Crippen LogP contribution in [0.4, 0.5) is 4.79 Å². The summed E-state index contributed by atoms with van der Waals surface area (Å²) in [5.74, 6) is -0.242. The van der Waals surface area contributed by atoms with Gasteiger partial charge in [0, 0.05) is 29.4 Å². The summed E-state index contributed by atoms with van der Waals surface area (Å²) in [5.41, 5.74) is 4.28. The molecular formula is C21H25NO8. The van der Waals surface area contributed by atoms with Gasteiger partial charge < -0.3 is 29.5 Å². The van der Waals surface area contributed by atoms with Crippen LogP contribution in [-0.4, -0.2) is 41.1 Å². The Labute approximate surface area is 172 Å². The molecule has 1 aliphatic rings. The van der Waals surface area contributed by atoms with Crippen LogP contribution in [0, 0.1) is 5.92 Å². The molecule has 3 rings (SSSR count). The summed E-state index contributed by atoms with van der Waals surface area (Å²) < 4.78 is 22.1. The Morgan fingerprint density at radius 1 is 1.27 bits per heavy atom. The molecule has 0 radical (unpaired) electrons. The molecule has 0 spiro atoms. The van der Waals surface area contributed by atoms with Gasteiger partial charge in [-0.05, 0) is 39.0 Å². The summed E-state index contributed by atoms with van der Waals surface area (Å²) in [7, 11) is 0. The molecule has 1 unspecified atom stereocenters. The molecule has 2 heterocycles. The maximum atomic E-state index is 12.1. The first-order chi connectivity index (χ1) is 14.0. The predicted molar refractivity (Wildman–Crippen MR) is 106 cm³/mol. The highest BCUT2D eigenvalue weighted by Crippen LogP contribution is 2.36. The van der Waals surface area contributed by atoms with E-state index in [1.165, 1.54) is 13.0 Å². The highest BCUT2D eigenvalue weighted by Gasteiger charge is 2.50. The first-order valence-electron chi connectivity index (χ1n) is 9.53. The van der Waals surface area contributed by atoms with Gasteiger partial charge in [0.15, 0.2) is 6.10 Å². The third-order valence-corrected chi connectivity index (χ3v) is 5.36. The summed E-state index contributed by atoms with van der Waals surface area (Å²) in [6, 6.07) is 6.35. The highest BCUT2D eigenvalue weighted by molar-refractivity contribution is 5.82. The van der Waals surface area contributed by atoms with Gasteiger partial charge in [-0.3, -0.25) is 4.79 Å². The number of aliphatic hydroxyl groups is 1. The van der Waals surface area contributed by atoms with E-state index in [4.69, 9.17) is 24.4 Å². The lowest BCUT2D eigenvalue weighted by Gasteiger charge is -2.46. The molecule has 0 bridgehead atoms. The molecule has 3 N–H and O–H groups in total. The number of rotatable bonds is 5. The molecule has 1 amide bonds. The van der Waals surface area contributed by atoms with E-state index < -0.39 is 35.8 Å². The van der Waals surface area contributed by atoms with Crippen LogP contribution in [0.2, 0.25) is 0 Å². The third-order valence-electron chi connectivity index (χ3n) is 5.36. The fourth-order valence-electron chi connectivity index (χ4n) is 3.41. The van der Waals surface area contributed by atoms with Gasteiger partial charge in [0.2, 0.25) is 6.29 Å². The van der Waals surface area contributed by atoms with Crippen LogP contribution in [0.5, 0.6) is 5.75 Å². The van der Waals surface area contributed by atoms with Crippen molar-refractivity contribution in [1.82, 2.24) is 0 Å². The predicted octanol–water partition coefficient (Wildman–Crippen LogP) is 1.90. The number of Topliss-reactive ketones (excluding diaryl/α,β-unsaturated/α-hetero) is 1. The summed E-state index contributed by atoms with van der Waals surface area (Å²) in [4.78, 5) is 34.7. The summed E-state index contributed by atoms with van der Waals surface area (Å²) in [6.07, 6.45) is -4.43. The van der Waals surface area contributed by atoms with Crippen molar-refractivity contribution in [3.8, 4) is 5.75 Å². The van der Waals surface area contributed by atoms with Gasteiger partial charge in [-0.15, -0.1) is 0 Å².